The van der Waals surface area contributed by atoms with Crippen molar-refractivity contribution in [3.63, 3.8) is 0 Å². The lowest BCUT2D eigenvalue weighted by atomic mass is 9.88. The largest absolute Gasteiger partial charge is 0.247 e. The molecule has 1 saturated carbocycles. The summed E-state index contributed by atoms with van der Waals surface area (Å²) in [7, 11) is 0. The lowest BCUT2D eigenvalue weighted by molar-refractivity contribution is 0.225. The molecule has 0 nitrogen and oxygen atoms in total. The maximum atomic E-state index is 12.7. The second-order valence-corrected chi connectivity index (χ2v) is 2.86. The Hall–Kier alpha value is -0.510. The predicted molar refractivity (Wildman–Crippen MR) is 40.3 cm³/mol. The molecule has 0 spiro atoms. The predicted octanol–water partition coefficient (Wildman–Crippen LogP) is 2.54. The van der Waals surface area contributed by atoms with Gasteiger partial charge in [0.25, 0.3) is 0 Å². The average Bonchev–Trinajstić information content (AvgIpc) is 1.88. The molecule has 0 amide bonds. The quantitative estimate of drug-likeness (QED) is 0.453. The van der Waals surface area contributed by atoms with Gasteiger partial charge >= 0.3 is 0 Å². The first-order chi connectivity index (χ1) is 4.83. The first-order valence-corrected chi connectivity index (χ1v) is 3.89. The van der Waals surface area contributed by atoms with E-state index in [1.165, 1.54) is 0 Å². The van der Waals surface area contributed by atoms with E-state index in [0.717, 1.165) is 19.3 Å². The Kier molecular flexibility index (Phi) is 2.74. The summed E-state index contributed by atoms with van der Waals surface area (Å²) in [5.74, 6) is 6.21. The SMILES string of the molecule is CC#CC1CCC[C@H](F)C1. The van der Waals surface area contributed by atoms with E-state index < -0.39 is 6.17 Å². The van der Waals surface area contributed by atoms with E-state index >= 15 is 0 Å². The minimum Gasteiger partial charge on any atom is -0.247 e. The van der Waals surface area contributed by atoms with Crippen LogP contribution in [0.4, 0.5) is 4.39 Å². The third-order valence-corrected chi connectivity index (χ3v) is 1.96. The van der Waals surface area contributed by atoms with Crippen LogP contribution >= 0.6 is 0 Å². The van der Waals surface area contributed by atoms with Crippen molar-refractivity contribution in [3.05, 3.63) is 0 Å². The van der Waals surface area contributed by atoms with Gasteiger partial charge in [0.2, 0.25) is 0 Å². The average molecular weight is 140 g/mol. The van der Waals surface area contributed by atoms with E-state index in [1.54, 1.807) is 0 Å². The maximum Gasteiger partial charge on any atom is 0.101 e. The third kappa shape index (κ3) is 2.02. The van der Waals surface area contributed by atoms with Crippen molar-refractivity contribution in [2.45, 2.75) is 38.8 Å². The smallest absolute Gasteiger partial charge is 0.101 e. The highest BCUT2D eigenvalue weighted by Crippen LogP contribution is 2.25. The van der Waals surface area contributed by atoms with Gasteiger partial charge in [-0.25, -0.2) is 4.39 Å². The highest BCUT2D eigenvalue weighted by molar-refractivity contribution is 5.02. The molecule has 0 heterocycles. The van der Waals surface area contributed by atoms with Gasteiger partial charge < -0.3 is 0 Å². The summed E-state index contributed by atoms with van der Waals surface area (Å²) in [5.41, 5.74) is 0. The molecule has 1 rings (SSSR count). The molecule has 0 aromatic heterocycles. The van der Waals surface area contributed by atoms with Crippen LogP contribution in [-0.4, -0.2) is 6.17 Å². The van der Waals surface area contributed by atoms with Crippen molar-refractivity contribution in [1.82, 2.24) is 0 Å². The molecule has 0 radical (unpaired) electrons. The van der Waals surface area contributed by atoms with Gasteiger partial charge in [0.1, 0.15) is 6.17 Å². The fourth-order valence-electron chi connectivity index (χ4n) is 1.47. The molecule has 1 aliphatic carbocycles. The van der Waals surface area contributed by atoms with Gasteiger partial charge in [0.05, 0.1) is 0 Å². The zero-order valence-corrected chi connectivity index (χ0v) is 6.36. The van der Waals surface area contributed by atoms with Gasteiger partial charge in [0.15, 0.2) is 0 Å². The summed E-state index contributed by atoms with van der Waals surface area (Å²) in [6.07, 6.45) is 2.95. The molecule has 0 aromatic rings. The van der Waals surface area contributed by atoms with Crippen LogP contribution < -0.4 is 0 Å². The molecule has 1 fully saturated rings. The van der Waals surface area contributed by atoms with Crippen LogP contribution in [0.2, 0.25) is 0 Å². The topological polar surface area (TPSA) is 0 Å². The number of hydrogen-bond acceptors (Lipinski definition) is 0. The molecule has 0 bridgehead atoms. The van der Waals surface area contributed by atoms with E-state index in [2.05, 4.69) is 11.8 Å². The van der Waals surface area contributed by atoms with Crippen LogP contribution in [0.3, 0.4) is 0 Å². The minimum absolute atomic E-state index is 0.341. The first kappa shape index (κ1) is 7.60. The standard InChI is InChI=1S/C9H13F/c1-2-4-8-5-3-6-9(10)7-8/h8-9H,3,5-7H2,1H3/t8?,9-/m0/s1. The van der Waals surface area contributed by atoms with E-state index in [-0.39, 0.29) is 0 Å². The van der Waals surface area contributed by atoms with Gasteiger partial charge in [-0.15, -0.1) is 11.8 Å². The molecule has 1 aliphatic rings. The van der Waals surface area contributed by atoms with E-state index in [9.17, 15) is 4.39 Å². The second-order valence-electron chi connectivity index (χ2n) is 2.86. The molecule has 56 valence electrons. The molecule has 0 aromatic carbocycles. The Morgan fingerprint density at radius 2 is 2.20 bits per heavy atom. The van der Waals surface area contributed by atoms with Crippen molar-refractivity contribution in [1.29, 1.82) is 0 Å². The Labute approximate surface area is 61.8 Å². The van der Waals surface area contributed by atoms with Crippen LogP contribution in [0.25, 0.3) is 0 Å². The van der Waals surface area contributed by atoms with Crippen molar-refractivity contribution in [3.8, 4) is 11.8 Å². The summed E-state index contributed by atoms with van der Waals surface area (Å²) in [6, 6.07) is 0. The molecule has 1 unspecified atom stereocenters. The van der Waals surface area contributed by atoms with Crippen LogP contribution in [0.15, 0.2) is 0 Å². The van der Waals surface area contributed by atoms with Crippen LogP contribution in [0.5, 0.6) is 0 Å². The first-order valence-electron chi connectivity index (χ1n) is 3.89. The van der Waals surface area contributed by atoms with Crippen LogP contribution in [0, 0.1) is 17.8 Å². The van der Waals surface area contributed by atoms with Crippen LogP contribution in [0.1, 0.15) is 32.6 Å². The maximum absolute atomic E-state index is 12.7. The fraction of sp³-hybridized carbons (Fsp3) is 0.778. The van der Waals surface area contributed by atoms with Crippen molar-refractivity contribution in [2.24, 2.45) is 5.92 Å². The van der Waals surface area contributed by atoms with Crippen molar-refractivity contribution in [2.75, 3.05) is 0 Å². The highest BCUT2D eigenvalue weighted by atomic mass is 19.1. The van der Waals surface area contributed by atoms with Gasteiger partial charge in [-0.05, 0) is 32.6 Å². The Morgan fingerprint density at radius 3 is 2.80 bits per heavy atom. The summed E-state index contributed by atoms with van der Waals surface area (Å²) in [6.45, 7) is 1.82. The van der Waals surface area contributed by atoms with Gasteiger partial charge in [-0.3, -0.25) is 0 Å². The molecular weight excluding hydrogens is 127 g/mol. The number of alkyl halides is 1. The molecule has 1 heteroatoms. The highest BCUT2D eigenvalue weighted by Gasteiger charge is 2.19. The minimum atomic E-state index is -0.584. The van der Waals surface area contributed by atoms with E-state index in [1.807, 2.05) is 6.92 Å². The lowest BCUT2D eigenvalue weighted by Gasteiger charge is -2.19. The molecule has 2 atom stereocenters. The zero-order valence-electron chi connectivity index (χ0n) is 6.36. The van der Waals surface area contributed by atoms with E-state index in [0.29, 0.717) is 12.3 Å². The summed E-state index contributed by atoms with van der Waals surface area (Å²) in [4.78, 5) is 0. The van der Waals surface area contributed by atoms with Gasteiger partial charge in [0, 0.05) is 5.92 Å². The number of hydrogen-bond donors (Lipinski definition) is 0. The Morgan fingerprint density at radius 1 is 1.40 bits per heavy atom. The van der Waals surface area contributed by atoms with Gasteiger partial charge in [-0.2, -0.15) is 0 Å². The summed E-state index contributed by atoms with van der Waals surface area (Å²) < 4.78 is 12.7. The monoisotopic (exact) mass is 140 g/mol. The molecule has 10 heavy (non-hydrogen) atoms. The van der Waals surface area contributed by atoms with Crippen LogP contribution in [-0.2, 0) is 0 Å². The molecule has 0 aliphatic heterocycles. The molecule has 0 saturated heterocycles. The Bertz CT molecular complexity index is 152. The van der Waals surface area contributed by atoms with Crippen molar-refractivity contribution >= 4 is 0 Å². The summed E-state index contributed by atoms with van der Waals surface area (Å²) >= 11 is 0. The fourth-order valence-corrected chi connectivity index (χ4v) is 1.47. The molecular formula is C9H13F. The number of halogens is 1. The van der Waals surface area contributed by atoms with Gasteiger partial charge in [-0.1, -0.05) is 0 Å². The van der Waals surface area contributed by atoms with E-state index in [4.69, 9.17) is 0 Å². The molecule has 0 N–H and O–H groups in total. The normalized spacial score (nSPS) is 32.6. The second kappa shape index (κ2) is 3.61. The van der Waals surface area contributed by atoms with Crippen molar-refractivity contribution < 1.29 is 4.39 Å². The summed E-state index contributed by atoms with van der Waals surface area (Å²) in [5, 5.41) is 0. The third-order valence-electron chi connectivity index (χ3n) is 1.96. The Balaban J connectivity index is 2.37. The zero-order chi connectivity index (χ0) is 7.40. The lowest BCUT2D eigenvalue weighted by Crippen LogP contribution is -2.14. The number of rotatable bonds is 0.